The number of carbonyl (C=O) groups is 1. The van der Waals surface area contributed by atoms with Crippen molar-refractivity contribution in [2.75, 3.05) is 46.5 Å². The number of benzene rings is 1. The Labute approximate surface area is 143 Å². The molecule has 1 N–H and O–H groups in total. The molecule has 1 aromatic carbocycles. The standard InChI is InChI=1S/C18H26N2O4/c1-22-16-4-2-15(3-5-16)6-9-19-17(21)14-20-10-7-18(8-11-20)23-12-13-24-18/h2-5H,6-14H2,1H3,(H,19,21). The molecule has 1 aromatic rings. The summed E-state index contributed by atoms with van der Waals surface area (Å²) in [5, 5.41) is 2.99. The molecule has 24 heavy (non-hydrogen) atoms. The zero-order valence-corrected chi connectivity index (χ0v) is 14.3. The Kier molecular flexibility index (Phi) is 5.71. The second-order valence-corrected chi connectivity index (χ2v) is 6.33. The van der Waals surface area contributed by atoms with E-state index in [0.29, 0.717) is 26.3 Å². The molecule has 0 aliphatic carbocycles. The lowest BCUT2D eigenvalue weighted by Crippen LogP contribution is -2.48. The predicted octanol–water partition coefficient (Wildman–Crippen LogP) is 1.19. The molecule has 0 saturated carbocycles. The highest BCUT2D eigenvalue weighted by Gasteiger charge is 2.39. The first-order valence-electron chi connectivity index (χ1n) is 8.59. The molecule has 2 saturated heterocycles. The van der Waals surface area contributed by atoms with E-state index in [4.69, 9.17) is 14.2 Å². The lowest BCUT2D eigenvalue weighted by molar-refractivity contribution is -0.185. The molecule has 1 spiro atoms. The highest BCUT2D eigenvalue weighted by Crippen LogP contribution is 2.30. The van der Waals surface area contributed by atoms with E-state index >= 15 is 0 Å². The highest BCUT2D eigenvalue weighted by molar-refractivity contribution is 5.78. The number of methoxy groups -OCH3 is 1. The van der Waals surface area contributed by atoms with Crippen LogP contribution in [0.25, 0.3) is 0 Å². The summed E-state index contributed by atoms with van der Waals surface area (Å²) in [6.07, 6.45) is 2.50. The SMILES string of the molecule is COc1ccc(CCNC(=O)CN2CCC3(CC2)OCCO3)cc1. The van der Waals surface area contributed by atoms with Gasteiger partial charge in [-0.05, 0) is 24.1 Å². The fourth-order valence-electron chi connectivity index (χ4n) is 3.23. The summed E-state index contributed by atoms with van der Waals surface area (Å²) in [6, 6.07) is 7.93. The van der Waals surface area contributed by atoms with Gasteiger partial charge in [-0.2, -0.15) is 0 Å². The average molecular weight is 334 g/mol. The summed E-state index contributed by atoms with van der Waals surface area (Å²) in [5.41, 5.74) is 1.19. The van der Waals surface area contributed by atoms with Crippen LogP contribution < -0.4 is 10.1 Å². The molecule has 0 bridgehead atoms. The first-order valence-corrected chi connectivity index (χ1v) is 8.59. The molecule has 6 nitrogen and oxygen atoms in total. The molecule has 2 fully saturated rings. The van der Waals surface area contributed by atoms with Gasteiger partial charge in [-0.15, -0.1) is 0 Å². The van der Waals surface area contributed by atoms with Crippen LogP contribution in [0, 0.1) is 0 Å². The molecule has 2 heterocycles. The van der Waals surface area contributed by atoms with Crippen molar-refractivity contribution in [1.82, 2.24) is 10.2 Å². The van der Waals surface area contributed by atoms with E-state index in [1.807, 2.05) is 24.3 Å². The highest BCUT2D eigenvalue weighted by atomic mass is 16.7. The summed E-state index contributed by atoms with van der Waals surface area (Å²) in [4.78, 5) is 14.2. The summed E-state index contributed by atoms with van der Waals surface area (Å²) in [5.74, 6) is 0.551. The summed E-state index contributed by atoms with van der Waals surface area (Å²) in [7, 11) is 1.66. The van der Waals surface area contributed by atoms with E-state index in [0.717, 1.165) is 38.1 Å². The van der Waals surface area contributed by atoms with Gasteiger partial charge in [0, 0.05) is 32.5 Å². The number of rotatable bonds is 6. The molecule has 2 aliphatic heterocycles. The van der Waals surface area contributed by atoms with E-state index in [1.54, 1.807) is 7.11 Å². The number of piperidine rings is 1. The van der Waals surface area contributed by atoms with Gasteiger partial charge in [0.05, 0.1) is 26.9 Å². The van der Waals surface area contributed by atoms with Crippen LogP contribution >= 0.6 is 0 Å². The topological polar surface area (TPSA) is 60.0 Å². The second-order valence-electron chi connectivity index (χ2n) is 6.33. The first-order chi connectivity index (χ1) is 11.7. The van der Waals surface area contributed by atoms with E-state index < -0.39 is 0 Å². The normalized spacial score (nSPS) is 20.2. The molecule has 0 unspecified atom stereocenters. The Bertz CT molecular complexity index is 530. The smallest absolute Gasteiger partial charge is 0.234 e. The molecular formula is C18H26N2O4. The molecule has 6 heteroatoms. The van der Waals surface area contributed by atoms with E-state index in [-0.39, 0.29) is 11.7 Å². The fourth-order valence-corrected chi connectivity index (χ4v) is 3.23. The van der Waals surface area contributed by atoms with Crippen LogP contribution in [0.3, 0.4) is 0 Å². The molecule has 3 rings (SSSR count). The minimum absolute atomic E-state index is 0.0766. The minimum Gasteiger partial charge on any atom is -0.497 e. The number of likely N-dealkylation sites (tertiary alicyclic amines) is 1. The second kappa shape index (κ2) is 7.96. The van der Waals surface area contributed by atoms with E-state index in [1.165, 1.54) is 5.56 Å². The number of hydrogen-bond donors (Lipinski definition) is 1. The fraction of sp³-hybridized carbons (Fsp3) is 0.611. The maximum absolute atomic E-state index is 12.1. The first kappa shape index (κ1) is 17.2. The van der Waals surface area contributed by atoms with E-state index in [2.05, 4.69) is 10.2 Å². The molecule has 0 atom stereocenters. The van der Waals surface area contributed by atoms with Gasteiger partial charge in [0.15, 0.2) is 5.79 Å². The molecule has 1 amide bonds. The summed E-state index contributed by atoms with van der Waals surface area (Å²) in [6.45, 7) is 4.14. The lowest BCUT2D eigenvalue weighted by atomic mass is 10.0. The van der Waals surface area contributed by atoms with Crippen molar-refractivity contribution in [2.24, 2.45) is 0 Å². The van der Waals surface area contributed by atoms with Gasteiger partial charge in [0.2, 0.25) is 5.91 Å². The number of hydrogen-bond acceptors (Lipinski definition) is 5. The van der Waals surface area contributed by atoms with Gasteiger partial charge >= 0.3 is 0 Å². The Balaban J connectivity index is 1.34. The van der Waals surface area contributed by atoms with Gasteiger partial charge in [-0.3, -0.25) is 9.69 Å². The van der Waals surface area contributed by atoms with Crippen molar-refractivity contribution in [3.63, 3.8) is 0 Å². The van der Waals surface area contributed by atoms with Crippen molar-refractivity contribution in [2.45, 2.75) is 25.0 Å². The zero-order valence-electron chi connectivity index (χ0n) is 14.3. The van der Waals surface area contributed by atoms with Gasteiger partial charge < -0.3 is 19.5 Å². The number of ether oxygens (including phenoxy) is 3. The van der Waals surface area contributed by atoms with Crippen molar-refractivity contribution in [3.8, 4) is 5.75 Å². The Morgan fingerprint density at radius 2 is 1.88 bits per heavy atom. The summed E-state index contributed by atoms with van der Waals surface area (Å²) >= 11 is 0. The number of amides is 1. The van der Waals surface area contributed by atoms with Gasteiger partial charge in [0.1, 0.15) is 5.75 Å². The van der Waals surface area contributed by atoms with Crippen molar-refractivity contribution < 1.29 is 19.0 Å². The van der Waals surface area contributed by atoms with Crippen LogP contribution in [-0.2, 0) is 20.7 Å². The van der Waals surface area contributed by atoms with Crippen LogP contribution in [0.15, 0.2) is 24.3 Å². The van der Waals surface area contributed by atoms with Gasteiger partial charge in [0.25, 0.3) is 0 Å². The van der Waals surface area contributed by atoms with Crippen LogP contribution in [0.5, 0.6) is 5.75 Å². The largest absolute Gasteiger partial charge is 0.497 e. The Morgan fingerprint density at radius 3 is 2.50 bits per heavy atom. The monoisotopic (exact) mass is 334 g/mol. The predicted molar refractivity (Wildman–Crippen MR) is 90.0 cm³/mol. The summed E-state index contributed by atoms with van der Waals surface area (Å²) < 4.78 is 16.6. The quantitative estimate of drug-likeness (QED) is 0.847. The number of nitrogens with zero attached hydrogens (tertiary/aromatic N) is 1. The van der Waals surface area contributed by atoms with Crippen LogP contribution in [-0.4, -0.2) is 63.1 Å². The number of nitrogens with one attached hydrogen (secondary N) is 1. The van der Waals surface area contributed by atoms with Crippen LogP contribution in [0.2, 0.25) is 0 Å². The maximum Gasteiger partial charge on any atom is 0.234 e. The Morgan fingerprint density at radius 1 is 1.21 bits per heavy atom. The third kappa shape index (κ3) is 4.47. The Hall–Kier alpha value is -1.63. The molecule has 132 valence electrons. The van der Waals surface area contributed by atoms with Gasteiger partial charge in [-0.1, -0.05) is 12.1 Å². The van der Waals surface area contributed by atoms with Gasteiger partial charge in [-0.25, -0.2) is 0 Å². The van der Waals surface area contributed by atoms with Crippen LogP contribution in [0.1, 0.15) is 18.4 Å². The van der Waals surface area contributed by atoms with Crippen molar-refractivity contribution >= 4 is 5.91 Å². The molecular weight excluding hydrogens is 308 g/mol. The third-order valence-electron chi connectivity index (χ3n) is 4.69. The lowest BCUT2D eigenvalue weighted by Gasteiger charge is -2.37. The third-order valence-corrected chi connectivity index (χ3v) is 4.69. The molecule has 0 radical (unpaired) electrons. The average Bonchev–Trinajstić information content (AvgIpc) is 3.06. The number of carbonyl (C=O) groups excluding carboxylic acids is 1. The van der Waals surface area contributed by atoms with Crippen LogP contribution in [0.4, 0.5) is 0 Å². The maximum atomic E-state index is 12.1. The molecule has 2 aliphatic rings. The van der Waals surface area contributed by atoms with Crippen molar-refractivity contribution in [3.05, 3.63) is 29.8 Å². The zero-order chi connectivity index (χ0) is 16.8. The minimum atomic E-state index is -0.374. The van der Waals surface area contributed by atoms with E-state index in [9.17, 15) is 4.79 Å². The molecule has 0 aromatic heterocycles. The van der Waals surface area contributed by atoms with Crippen molar-refractivity contribution in [1.29, 1.82) is 0 Å².